The van der Waals surface area contributed by atoms with Crippen LogP contribution in [0.4, 0.5) is 5.69 Å². The first kappa shape index (κ1) is 10.2. The number of hydrogen-bond donors (Lipinski definition) is 1. The van der Waals surface area contributed by atoms with E-state index in [4.69, 9.17) is 0 Å². The highest BCUT2D eigenvalue weighted by molar-refractivity contribution is 7.11. The van der Waals surface area contributed by atoms with Crippen LogP contribution in [0.25, 0.3) is 0 Å². The Labute approximate surface area is 94.8 Å². The fraction of sp³-hybridized carbons (Fsp3) is 0.231. The molecule has 0 amide bonds. The Bertz CT molecular complexity index is 445. The highest BCUT2D eigenvalue weighted by Crippen LogP contribution is 2.18. The van der Waals surface area contributed by atoms with Crippen LogP contribution in [0, 0.1) is 13.8 Å². The van der Waals surface area contributed by atoms with Gasteiger partial charge in [0.2, 0.25) is 0 Å². The second-order valence-electron chi connectivity index (χ2n) is 3.68. The zero-order valence-electron chi connectivity index (χ0n) is 9.08. The first-order valence-electron chi connectivity index (χ1n) is 5.10. The monoisotopic (exact) mass is 217 g/mol. The van der Waals surface area contributed by atoms with E-state index in [1.54, 1.807) is 0 Å². The summed E-state index contributed by atoms with van der Waals surface area (Å²) in [5, 5.41) is 3.45. The number of nitrogens with one attached hydrogen (secondary N) is 1. The maximum absolute atomic E-state index is 3.45. The molecule has 0 radical (unpaired) electrons. The van der Waals surface area contributed by atoms with Crippen molar-refractivity contribution in [1.29, 1.82) is 0 Å². The lowest BCUT2D eigenvalue weighted by molar-refractivity contribution is 1.18. The number of benzene rings is 1. The Morgan fingerprint density at radius 3 is 2.53 bits per heavy atom. The zero-order valence-corrected chi connectivity index (χ0v) is 9.90. The van der Waals surface area contributed by atoms with Crippen molar-refractivity contribution in [2.24, 2.45) is 0 Å². The van der Waals surface area contributed by atoms with E-state index < -0.39 is 0 Å². The SMILES string of the molecule is Cc1ccc(CNc2ccccc2C)s1. The maximum atomic E-state index is 3.45. The molecule has 0 atom stereocenters. The van der Waals surface area contributed by atoms with Gasteiger partial charge in [-0.15, -0.1) is 11.3 Å². The molecule has 1 aromatic carbocycles. The van der Waals surface area contributed by atoms with Gasteiger partial charge < -0.3 is 5.32 Å². The van der Waals surface area contributed by atoms with Gasteiger partial charge in [0, 0.05) is 22.0 Å². The molecular formula is C13H15NS. The van der Waals surface area contributed by atoms with E-state index in [2.05, 4.69) is 55.6 Å². The van der Waals surface area contributed by atoms with E-state index in [1.165, 1.54) is 21.0 Å². The molecule has 0 unspecified atom stereocenters. The number of thiophene rings is 1. The summed E-state index contributed by atoms with van der Waals surface area (Å²) < 4.78 is 0. The van der Waals surface area contributed by atoms with Crippen LogP contribution in [0.3, 0.4) is 0 Å². The summed E-state index contributed by atoms with van der Waals surface area (Å²) in [7, 11) is 0. The molecular weight excluding hydrogens is 202 g/mol. The molecule has 0 aliphatic heterocycles. The molecule has 0 spiro atoms. The molecule has 15 heavy (non-hydrogen) atoms. The van der Waals surface area contributed by atoms with Gasteiger partial charge in [-0.3, -0.25) is 0 Å². The van der Waals surface area contributed by atoms with Gasteiger partial charge in [-0.05, 0) is 37.6 Å². The molecule has 0 saturated carbocycles. The predicted molar refractivity (Wildman–Crippen MR) is 67.6 cm³/mol. The number of aryl methyl sites for hydroxylation is 2. The van der Waals surface area contributed by atoms with Crippen LogP contribution in [0.5, 0.6) is 0 Å². The predicted octanol–water partition coefficient (Wildman–Crippen LogP) is 3.98. The molecule has 0 aliphatic rings. The number of para-hydroxylation sites is 1. The highest BCUT2D eigenvalue weighted by Gasteiger charge is 1.98. The number of rotatable bonds is 3. The zero-order chi connectivity index (χ0) is 10.7. The average molecular weight is 217 g/mol. The molecule has 0 bridgehead atoms. The van der Waals surface area contributed by atoms with Crippen LogP contribution < -0.4 is 5.32 Å². The minimum atomic E-state index is 0.920. The van der Waals surface area contributed by atoms with Gasteiger partial charge in [0.05, 0.1) is 0 Å². The molecule has 2 aromatic rings. The van der Waals surface area contributed by atoms with Crippen LogP contribution in [-0.2, 0) is 6.54 Å². The van der Waals surface area contributed by atoms with Gasteiger partial charge in [-0.25, -0.2) is 0 Å². The van der Waals surface area contributed by atoms with E-state index in [9.17, 15) is 0 Å². The van der Waals surface area contributed by atoms with Crippen LogP contribution in [0.1, 0.15) is 15.3 Å². The normalized spacial score (nSPS) is 10.3. The highest BCUT2D eigenvalue weighted by atomic mass is 32.1. The van der Waals surface area contributed by atoms with Crippen molar-refractivity contribution >= 4 is 17.0 Å². The lowest BCUT2D eigenvalue weighted by Gasteiger charge is -2.07. The topological polar surface area (TPSA) is 12.0 Å². The Balaban J connectivity index is 2.02. The van der Waals surface area contributed by atoms with E-state index in [-0.39, 0.29) is 0 Å². The molecule has 2 heteroatoms. The fourth-order valence-electron chi connectivity index (χ4n) is 1.53. The quantitative estimate of drug-likeness (QED) is 0.820. The van der Waals surface area contributed by atoms with Gasteiger partial charge in [0.25, 0.3) is 0 Å². The molecule has 2 rings (SSSR count). The summed E-state index contributed by atoms with van der Waals surface area (Å²) in [5.41, 5.74) is 2.52. The maximum Gasteiger partial charge on any atom is 0.0494 e. The minimum absolute atomic E-state index is 0.920. The van der Waals surface area contributed by atoms with Crippen LogP contribution in [-0.4, -0.2) is 0 Å². The largest absolute Gasteiger partial charge is 0.380 e. The Kier molecular flexibility index (Phi) is 3.07. The second-order valence-corrected chi connectivity index (χ2v) is 5.05. The third kappa shape index (κ3) is 2.60. The lowest BCUT2D eigenvalue weighted by atomic mass is 10.2. The summed E-state index contributed by atoms with van der Waals surface area (Å²) in [4.78, 5) is 2.76. The standard InChI is InChI=1S/C13H15NS/c1-10-5-3-4-6-13(10)14-9-12-8-7-11(2)15-12/h3-8,14H,9H2,1-2H3. The van der Waals surface area contributed by atoms with E-state index in [0.29, 0.717) is 0 Å². The summed E-state index contributed by atoms with van der Waals surface area (Å²) in [5.74, 6) is 0. The second kappa shape index (κ2) is 4.49. The third-order valence-electron chi connectivity index (χ3n) is 2.39. The van der Waals surface area contributed by atoms with E-state index >= 15 is 0 Å². The third-order valence-corrected chi connectivity index (χ3v) is 3.39. The first-order chi connectivity index (χ1) is 7.25. The molecule has 78 valence electrons. The molecule has 0 aliphatic carbocycles. The van der Waals surface area contributed by atoms with Gasteiger partial charge in [-0.2, -0.15) is 0 Å². The van der Waals surface area contributed by atoms with Crippen LogP contribution in [0.2, 0.25) is 0 Å². The Hall–Kier alpha value is -1.28. The fourth-order valence-corrected chi connectivity index (χ4v) is 2.36. The smallest absolute Gasteiger partial charge is 0.0494 e. The van der Waals surface area contributed by atoms with Crippen LogP contribution in [0.15, 0.2) is 36.4 Å². The number of hydrogen-bond acceptors (Lipinski definition) is 2. The molecule has 1 aromatic heterocycles. The first-order valence-corrected chi connectivity index (χ1v) is 5.92. The van der Waals surface area contributed by atoms with Crippen molar-refractivity contribution in [3.63, 3.8) is 0 Å². The summed E-state index contributed by atoms with van der Waals surface area (Å²) in [6.45, 7) is 5.19. The van der Waals surface area contributed by atoms with E-state index in [1.807, 2.05) is 11.3 Å². The average Bonchev–Trinajstić information content (AvgIpc) is 2.63. The van der Waals surface area contributed by atoms with Crippen molar-refractivity contribution in [1.82, 2.24) is 0 Å². The van der Waals surface area contributed by atoms with Gasteiger partial charge in [-0.1, -0.05) is 18.2 Å². The summed E-state index contributed by atoms with van der Waals surface area (Å²) in [6.07, 6.45) is 0. The lowest BCUT2D eigenvalue weighted by Crippen LogP contribution is -1.98. The molecule has 1 N–H and O–H groups in total. The summed E-state index contributed by atoms with van der Waals surface area (Å²) >= 11 is 1.85. The van der Waals surface area contributed by atoms with Crippen molar-refractivity contribution < 1.29 is 0 Å². The Morgan fingerprint density at radius 1 is 1.07 bits per heavy atom. The van der Waals surface area contributed by atoms with Gasteiger partial charge >= 0.3 is 0 Å². The minimum Gasteiger partial charge on any atom is -0.380 e. The van der Waals surface area contributed by atoms with Crippen molar-refractivity contribution in [3.8, 4) is 0 Å². The van der Waals surface area contributed by atoms with Gasteiger partial charge in [0.15, 0.2) is 0 Å². The molecule has 0 fully saturated rings. The van der Waals surface area contributed by atoms with Crippen molar-refractivity contribution in [2.45, 2.75) is 20.4 Å². The van der Waals surface area contributed by atoms with Crippen LogP contribution >= 0.6 is 11.3 Å². The Morgan fingerprint density at radius 2 is 1.87 bits per heavy atom. The van der Waals surface area contributed by atoms with Crippen molar-refractivity contribution in [2.75, 3.05) is 5.32 Å². The van der Waals surface area contributed by atoms with E-state index in [0.717, 1.165) is 6.54 Å². The van der Waals surface area contributed by atoms with Gasteiger partial charge in [0.1, 0.15) is 0 Å². The number of anilines is 1. The molecule has 1 nitrogen and oxygen atoms in total. The summed E-state index contributed by atoms with van der Waals surface area (Å²) in [6, 6.07) is 12.7. The molecule has 1 heterocycles. The van der Waals surface area contributed by atoms with Crippen molar-refractivity contribution in [3.05, 3.63) is 51.7 Å². The molecule has 0 saturated heterocycles.